The van der Waals surface area contributed by atoms with E-state index in [4.69, 9.17) is 4.42 Å². The lowest BCUT2D eigenvalue weighted by Gasteiger charge is -2.23. The lowest BCUT2D eigenvalue weighted by atomic mass is 10.1. The van der Waals surface area contributed by atoms with Gasteiger partial charge >= 0.3 is 12.5 Å². The second-order valence-corrected chi connectivity index (χ2v) is 6.51. The van der Waals surface area contributed by atoms with Gasteiger partial charge in [0.2, 0.25) is 5.89 Å². The van der Waals surface area contributed by atoms with Gasteiger partial charge in [-0.1, -0.05) is 43.7 Å². The smallest absolute Gasteiger partial charge is 0.322 e. The molecule has 0 saturated carbocycles. The van der Waals surface area contributed by atoms with Crippen molar-refractivity contribution in [2.75, 3.05) is 11.9 Å². The van der Waals surface area contributed by atoms with E-state index in [1.54, 1.807) is 17.0 Å². The van der Waals surface area contributed by atoms with Crippen molar-refractivity contribution in [2.45, 2.75) is 32.7 Å². The Hall–Kier alpha value is -3.29. The van der Waals surface area contributed by atoms with Gasteiger partial charge < -0.3 is 14.6 Å². The highest BCUT2D eigenvalue weighted by atomic mass is 19.3. The summed E-state index contributed by atoms with van der Waals surface area (Å²) >= 11 is 0. The lowest BCUT2D eigenvalue weighted by molar-refractivity contribution is 0.116. The summed E-state index contributed by atoms with van der Waals surface area (Å²) in [6.45, 7) is 3.11. The van der Waals surface area contributed by atoms with Crippen molar-refractivity contribution in [1.29, 1.82) is 0 Å². The molecule has 3 aromatic rings. The van der Waals surface area contributed by atoms with Crippen LogP contribution in [-0.2, 0) is 6.54 Å². The molecule has 1 aromatic heterocycles. The first-order valence-electron chi connectivity index (χ1n) is 9.38. The molecule has 2 amide bonds. The summed E-state index contributed by atoms with van der Waals surface area (Å²) in [6.07, 6.45) is -0.943. The number of halogens is 2. The van der Waals surface area contributed by atoms with Crippen molar-refractivity contribution >= 4 is 11.7 Å². The van der Waals surface area contributed by atoms with E-state index in [0.29, 0.717) is 18.7 Å². The molecule has 0 atom stereocenters. The molecule has 8 heteroatoms. The Bertz CT molecular complexity index is 914. The first-order chi connectivity index (χ1) is 14.1. The molecule has 0 fully saturated rings. The number of urea groups is 1. The molecule has 0 aliphatic rings. The van der Waals surface area contributed by atoms with Crippen LogP contribution < -0.4 is 5.32 Å². The molecule has 0 aliphatic heterocycles. The molecule has 3 rings (SSSR count). The predicted octanol–water partition coefficient (Wildman–Crippen LogP) is 5.51. The molecular weight excluding hydrogens is 378 g/mol. The normalized spacial score (nSPS) is 10.9. The molecule has 0 spiro atoms. The molecule has 152 valence electrons. The number of amides is 2. The highest BCUT2D eigenvalue weighted by molar-refractivity contribution is 5.89. The van der Waals surface area contributed by atoms with E-state index in [1.165, 1.54) is 0 Å². The summed E-state index contributed by atoms with van der Waals surface area (Å²) in [5.74, 6) is -0.663. The molecule has 2 aromatic carbocycles. The average Bonchev–Trinajstić information content (AvgIpc) is 3.23. The molecule has 1 N–H and O–H groups in total. The average molecular weight is 400 g/mol. The predicted molar refractivity (Wildman–Crippen MR) is 105 cm³/mol. The fraction of sp³-hybridized carbons (Fsp3) is 0.286. The lowest BCUT2D eigenvalue weighted by Crippen LogP contribution is -2.35. The van der Waals surface area contributed by atoms with Gasteiger partial charge in [-0.3, -0.25) is 0 Å². The first-order valence-corrected chi connectivity index (χ1v) is 9.38. The largest absolute Gasteiger partial charge is 0.415 e. The number of carbonyl (C=O) groups excluding carboxylic acids is 1. The molecule has 0 unspecified atom stereocenters. The first kappa shape index (κ1) is 20.4. The van der Waals surface area contributed by atoms with Crippen LogP contribution in [0.3, 0.4) is 0 Å². The number of carbonyl (C=O) groups is 1. The van der Waals surface area contributed by atoms with E-state index < -0.39 is 12.3 Å². The standard InChI is InChI=1S/C21H22F2N4O2/c1-2-3-13-27(21(28)24-17-7-5-4-6-8-17)14-15-9-11-16(12-10-15)19-25-26-20(29-19)18(22)23/h4-12,18H,2-3,13-14H2,1H3,(H,24,28). The highest BCUT2D eigenvalue weighted by Crippen LogP contribution is 2.23. The number of benzene rings is 2. The maximum atomic E-state index is 12.7. The Kier molecular flexibility index (Phi) is 6.89. The van der Waals surface area contributed by atoms with Gasteiger partial charge in [0.05, 0.1) is 0 Å². The van der Waals surface area contributed by atoms with Crippen LogP contribution in [0, 0.1) is 0 Å². The number of alkyl halides is 2. The van der Waals surface area contributed by atoms with Crippen LogP contribution in [-0.4, -0.2) is 27.7 Å². The van der Waals surface area contributed by atoms with Crippen LogP contribution in [0.4, 0.5) is 19.3 Å². The molecule has 29 heavy (non-hydrogen) atoms. The Morgan fingerprint density at radius 1 is 1.10 bits per heavy atom. The number of para-hydroxylation sites is 1. The van der Waals surface area contributed by atoms with Crippen LogP contribution in [0.1, 0.15) is 37.6 Å². The van der Waals surface area contributed by atoms with Gasteiger partial charge in [0.15, 0.2) is 0 Å². The van der Waals surface area contributed by atoms with Gasteiger partial charge in [0.1, 0.15) is 0 Å². The number of rotatable bonds is 8. The van der Waals surface area contributed by atoms with E-state index in [1.807, 2.05) is 42.5 Å². The molecule has 0 bridgehead atoms. The van der Waals surface area contributed by atoms with Crippen molar-refractivity contribution in [3.8, 4) is 11.5 Å². The number of hydrogen-bond acceptors (Lipinski definition) is 4. The maximum Gasteiger partial charge on any atom is 0.322 e. The number of nitrogens with one attached hydrogen (secondary N) is 1. The zero-order valence-corrected chi connectivity index (χ0v) is 16.0. The van der Waals surface area contributed by atoms with Gasteiger partial charge in [-0.15, -0.1) is 10.2 Å². The summed E-state index contributed by atoms with van der Waals surface area (Å²) in [5, 5.41) is 9.88. The van der Waals surface area contributed by atoms with E-state index >= 15 is 0 Å². The summed E-state index contributed by atoms with van der Waals surface area (Å²) < 4.78 is 30.2. The van der Waals surface area contributed by atoms with E-state index in [0.717, 1.165) is 24.1 Å². The van der Waals surface area contributed by atoms with Crippen LogP contribution >= 0.6 is 0 Å². The molecular formula is C21H22F2N4O2. The Morgan fingerprint density at radius 3 is 2.45 bits per heavy atom. The van der Waals surface area contributed by atoms with Crippen LogP contribution in [0.5, 0.6) is 0 Å². The quantitative estimate of drug-likeness (QED) is 0.541. The van der Waals surface area contributed by atoms with E-state index in [9.17, 15) is 13.6 Å². The second-order valence-electron chi connectivity index (χ2n) is 6.51. The van der Waals surface area contributed by atoms with E-state index in [2.05, 4.69) is 22.4 Å². The third-order valence-corrected chi connectivity index (χ3v) is 4.30. The van der Waals surface area contributed by atoms with Gasteiger partial charge in [-0.25, -0.2) is 4.79 Å². The fourth-order valence-electron chi connectivity index (χ4n) is 2.74. The summed E-state index contributed by atoms with van der Waals surface area (Å²) in [4.78, 5) is 14.4. The number of anilines is 1. The Balaban J connectivity index is 1.69. The minimum absolute atomic E-state index is 0.0384. The van der Waals surface area contributed by atoms with Crippen molar-refractivity contribution in [3.05, 3.63) is 66.1 Å². The molecule has 0 aliphatic carbocycles. The number of aromatic nitrogens is 2. The van der Waals surface area contributed by atoms with Crippen molar-refractivity contribution in [1.82, 2.24) is 15.1 Å². The number of hydrogen-bond donors (Lipinski definition) is 1. The summed E-state index contributed by atoms with van der Waals surface area (Å²) in [5.41, 5.74) is 2.18. The number of unbranched alkanes of at least 4 members (excludes halogenated alkanes) is 1. The fourth-order valence-corrected chi connectivity index (χ4v) is 2.74. The Labute approximate surface area is 167 Å². The van der Waals surface area contributed by atoms with Crippen LogP contribution in [0.15, 0.2) is 59.0 Å². The van der Waals surface area contributed by atoms with Crippen LogP contribution in [0.2, 0.25) is 0 Å². The third kappa shape index (κ3) is 5.60. The molecule has 1 heterocycles. The zero-order valence-electron chi connectivity index (χ0n) is 16.0. The molecule has 0 saturated heterocycles. The topological polar surface area (TPSA) is 71.3 Å². The van der Waals surface area contributed by atoms with E-state index in [-0.39, 0.29) is 11.9 Å². The molecule has 0 radical (unpaired) electrons. The van der Waals surface area contributed by atoms with Gasteiger partial charge in [0.25, 0.3) is 5.89 Å². The summed E-state index contributed by atoms with van der Waals surface area (Å²) in [7, 11) is 0. The number of nitrogens with zero attached hydrogens (tertiary/aromatic N) is 3. The minimum atomic E-state index is -2.80. The Morgan fingerprint density at radius 2 is 1.83 bits per heavy atom. The van der Waals surface area contributed by atoms with Crippen molar-refractivity contribution < 1.29 is 18.0 Å². The van der Waals surface area contributed by atoms with Crippen molar-refractivity contribution in [2.24, 2.45) is 0 Å². The minimum Gasteiger partial charge on any atom is -0.415 e. The van der Waals surface area contributed by atoms with Gasteiger partial charge in [0, 0.05) is 24.3 Å². The highest BCUT2D eigenvalue weighted by Gasteiger charge is 2.17. The summed E-state index contributed by atoms with van der Waals surface area (Å²) in [6, 6.07) is 16.2. The van der Waals surface area contributed by atoms with Gasteiger partial charge in [-0.05, 0) is 36.2 Å². The second kappa shape index (κ2) is 9.77. The SMILES string of the molecule is CCCCN(Cc1ccc(-c2nnc(C(F)F)o2)cc1)C(=O)Nc1ccccc1. The maximum absolute atomic E-state index is 12.7. The van der Waals surface area contributed by atoms with Gasteiger partial charge in [-0.2, -0.15) is 8.78 Å². The molecule has 6 nitrogen and oxygen atoms in total. The van der Waals surface area contributed by atoms with Crippen LogP contribution in [0.25, 0.3) is 11.5 Å². The monoisotopic (exact) mass is 400 g/mol. The third-order valence-electron chi connectivity index (χ3n) is 4.30. The zero-order chi connectivity index (χ0) is 20.6. The van der Waals surface area contributed by atoms with Crippen molar-refractivity contribution in [3.63, 3.8) is 0 Å².